The molecule has 0 aliphatic carbocycles. The van der Waals surface area contributed by atoms with Crippen molar-refractivity contribution in [3.8, 4) is 23.0 Å². The SMILES string of the molecule is CCCn1c(=O)c(=O)[nH]c2cc(-c3noc(-c4ccco4)n3)ccc21. The quantitative estimate of drug-likeness (QED) is 0.573. The number of hydrogen-bond acceptors (Lipinski definition) is 6. The Morgan fingerprint density at radius 3 is 2.88 bits per heavy atom. The number of nitrogens with one attached hydrogen (secondary N) is 1. The number of rotatable bonds is 4. The molecule has 1 aromatic carbocycles. The summed E-state index contributed by atoms with van der Waals surface area (Å²) in [5, 5.41) is 3.94. The van der Waals surface area contributed by atoms with E-state index in [1.807, 2.05) is 6.92 Å². The van der Waals surface area contributed by atoms with Gasteiger partial charge in [0.15, 0.2) is 5.76 Å². The Kier molecular flexibility index (Phi) is 3.57. The third kappa shape index (κ3) is 2.57. The van der Waals surface area contributed by atoms with E-state index in [1.54, 1.807) is 30.3 Å². The van der Waals surface area contributed by atoms with Gasteiger partial charge in [-0.1, -0.05) is 12.1 Å². The molecule has 0 atom stereocenters. The maximum atomic E-state index is 12.0. The van der Waals surface area contributed by atoms with Crippen LogP contribution in [0.1, 0.15) is 13.3 Å². The minimum atomic E-state index is -0.650. The number of nitrogens with zero attached hydrogens (tertiary/aromatic N) is 3. The molecule has 0 bridgehead atoms. The number of aromatic nitrogens is 4. The van der Waals surface area contributed by atoms with Crippen molar-refractivity contribution in [3.05, 3.63) is 57.3 Å². The summed E-state index contributed by atoms with van der Waals surface area (Å²) in [6.45, 7) is 2.42. The van der Waals surface area contributed by atoms with Crippen molar-refractivity contribution in [1.82, 2.24) is 19.7 Å². The number of aryl methyl sites for hydroxylation is 1. The second kappa shape index (κ2) is 5.90. The number of furan rings is 1. The monoisotopic (exact) mass is 338 g/mol. The van der Waals surface area contributed by atoms with Crippen LogP contribution in [-0.2, 0) is 6.54 Å². The molecule has 25 heavy (non-hydrogen) atoms. The number of fused-ring (bicyclic) bond motifs is 1. The van der Waals surface area contributed by atoms with Gasteiger partial charge in [-0.15, -0.1) is 0 Å². The van der Waals surface area contributed by atoms with Gasteiger partial charge in [0.25, 0.3) is 5.89 Å². The van der Waals surface area contributed by atoms with Crippen molar-refractivity contribution >= 4 is 11.0 Å². The fourth-order valence-corrected chi connectivity index (χ4v) is 2.71. The largest absolute Gasteiger partial charge is 0.459 e. The summed E-state index contributed by atoms with van der Waals surface area (Å²) < 4.78 is 11.9. The maximum absolute atomic E-state index is 12.0. The summed E-state index contributed by atoms with van der Waals surface area (Å²) in [6.07, 6.45) is 2.27. The van der Waals surface area contributed by atoms with Crippen LogP contribution >= 0.6 is 0 Å². The molecular formula is C17H14N4O4. The molecule has 3 aromatic heterocycles. The molecule has 4 aromatic rings. The smallest absolute Gasteiger partial charge is 0.316 e. The van der Waals surface area contributed by atoms with Crippen LogP contribution in [0, 0.1) is 0 Å². The minimum Gasteiger partial charge on any atom is -0.459 e. The van der Waals surface area contributed by atoms with E-state index in [4.69, 9.17) is 8.94 Å². The van der Waals surface area contributed by atoms with E-state index in [9.17, 15) is 9.59 Å². The Hall–Kier alpha value is -3.42. The fraction of sp³-hybridized carbons (Fsp3) is 0.176. The molecule has 0 amide bonds. The molecule has 8 heteroatoms. The molecule has 0 unspecified atom stereocenters. The summed E-state index contributed by atoms with van der Waals surface area (Å²) in [6, 6.07) is 8.72. The Morgan fingerprint density at radius 1 is 1.24 bits per heavy atom. The number of benzene rings is 1. The van der Waals surface area contributed by atoms with Gasteiger partial charge in [0, 0.05) is 12.1 Å². The summed E-state index contributed by atoms with van der Waals surface area (Å²) >= 11 is 0. The molecule has 0 spiro atoms. The van der Waals surface area contributed by atoms with Crippen LogP contribution in [0.15, 0.2) is 55.1 Å². The summed E-state index contributed by atoms with van der Waals surface area (Å²) in [4.78, 5) is 30.8. The second-order valence-electron chi connectivity index (χ2n) is 5.54. The van der Waals surface area contributed by atoms with Gasteiger partial charge in [0.05, 0.1) is 17.3 Å². The number of hydrogen-bond donors (Lipinski definition) is 1. The van der Waals surface area contributed by atoms with Crippen LogP contribution in [0.4, 0.5) is 0 Å². The molecule has 0 saturated heterocycles. The number of H-pyrrole nitrogens is 1. The molecule has 3 heterocycles. The Bertz CT molecular complexity index is 1150. The predicted octanol–water partition coefficient (Wildman–Crippen LogP) is 2.41. The highest BCUT2D eigenvalue weighted by molar-refractivity contribution is 5.80. The highest BCUT2D eigenvalue weighted by Gasteiger charge is 2.14. The van der Waals surface area contributed by atoms with Crippen LogP contribution in [0.5, 0.6) is 0 Å². The van der Waals surface area contributed by atoms with Gasteiger partial charge in [-0.3, -0.25) is 9.59 Å². The lowest BCUT2D eigenvalue weighted by atomic mass is 10.1. The minimum absolute atomic E-state index is 0.268. The fourth-order valence-electron chi connectivity index (χ4n) is 2.71. The summed E-state index contributed by atoms with van der Waals surface area (Å²) in [5.41, 5.74) is 0.653. The topological polar surface area (TPSA) is 107 Å². The molecule has 1 N–H and O–H groups in total. The molecular weight excluding hydrogens is 324 g/mol. The third-order valence-corrected chi connectivity index (χ3v) is 3.84. The second-order valence-corrected chi connectivity index (χ2v) is 5.54. The van der Waals surface area contributed by atoms with Gasteiger partial charge in [-0.05, 0) is 36.8 Å². The lowest BCUT2D eigenvalue weighted by Gasteiger charge is -2.08. The van der Waals surface area contributed by atoms with Gasteiger partial charge in [-0.25, -0.2) is 0 Å². The molecule has 0 fully saturated rings. The van der Waals surface area contributed by atoms with Crippen LogP contribution in [0.2, 0.25) is 0 Å². The Balaban J connectivity index is 1.83. The van der Waals surface area contributed by atoms with E-state index in [-0.39, 0.29) is 5.89 Å². The average molecular weight is 338 g/mol. The molecule has 0 aliphatic heterocycles. The van der Waals surface area contributed by atoms with E-state index in [1.165, 1.54) is 10.8 Å². The van der Waals surface area contributed by atoms with Crippen molar-refractivity contribution in [2.45, 2.75) is 19.9 Å². The van der Waals surface area contributed by atoms with E-state index in [2.05, 4.69) is 15.1 Å². The van der Waals surface area contributed by atoms with Crippen LogP contribution in [-0.4, -0.2) is 19.7 Å². The predicted molar refractivity (Wildman–Crippen MR) is 90.1 cm³/mol. The van der Waals surface area contributed by atoms with Crippen LogP contribution < -0.4 is 11.1 Å². The molecule has 126 valence electrons. The lowest BCUT2D eigenvalue weighted by molar-refractivity contribution is 0.417. The average Bonchev–Trinajstić information content (AvgIpc) is 3.29. The standard InChI is InChI=1S/C17H14N4O4/c1-2-7-21-12-6-5-10(9-11(12)18-15(22)17(21)23)14-19-16(25-20-14)13-4-3-8-24-13/h3-6,8-9H,2,7H2,1H3,(H,18,22). The van der Waals surface area contributed by atoms with Gasteiger partial charge in [0.2, 0.25) is 5.82 Å². The Labute approximate surface area is 140 Å². The molecule has 0 aliphatic rings. The van der Waals surface area contributed by atoms with Crippen molar-refractivity contribution in [2.24, 2.45) is 0 Å². The molecule has 0 radical (unpaired) electrons. The van der Waals surface area contributed by atoms with Crippen LogP contribution in [0.25, 0.3) is 34.1 Å². The van der Waals surface area contributed by atoms with E-state index < -0.39 is 11.1 Å². The first-order valence-electron chi connectivity index (χ1n) is 7.82. The molecule has 4 rings (SSSR count). The molecule has 0 saturated carbocycles. The van der Waals surface area contributed by atoms with Gasteiger partial charge < -0.3 is 18.5 Å². The van der Waals surface area contributed by atoms with Crippen molar-refractivity contribution in [2.75, 3.05) is 0 Å². The summed E-state index contributed by atoms with van der Waals surface area (Å²) in [7, 11) is 0. The van der Waals surface area contributed by atoms with Gasteiger partial charge in [0.1, 0.15) is 0 Å². The molecule has 8 nitrogen and oxygen atoms in total. The van der Waals surface area contributed by atoms with Crippen molar-refractivity contribution in [3.63, 3.8) is 0 Å². The van der Waals surface area contributed by atoms with Crippen LogP contribution in [0.3, 0.4) is 0 Å². The highest BCUT2D eigenvalue weighted by atomic mass is 16.5. The number of aromatic amines is 1. The maximum Gasteiger partial charge on any atom is 0.316 e. The van der Waals surface area contributed by atoms with E-state index in [0.29, 0.717) is 34.7 Å². The first kappa shape index (κ1) is 15.1. The lowest BCUT2D eigenvalue weighted by Crippen LogP contribution is -2.36. The first-order chi connectivity index (χ1) is 12.2. The summed E-state index contributed by atoms with van der Waals surface area (Å²) in [5.74, 6) is 1.11. The first-order valence-corrected chi connectivity index (χ1v) is 7.82. The Morgan fingerprint density at radius 2 is 2.12 bits per heavy atom. The third-order valence-electron chi connectivity index (χ3n) is 3.84. The van der Waals surface area contributed by atoms with Gasteiger partial charge in [-0.2, -0.15) is 4.98 Å². The van der Waals surface area contributed by atoms with E-state index >= 15 is 0 Å². The van der Waals surface area contributed by atoms with E-state index in [0.717, 1.165) is 6.42 Å². The zero-order valence-electron chi connectivity index (χ0n) is 13.4. The van der Waals surface area contributed by atoms with Crippen molar-refractivity contribution < 1.29 is 8.94 Å². The normalized spacial score (nSPS) is 11.2. The highest BCUT2D eigenvalue weighted by Crippen LogP contribution is 2.24. The zero-order chi connectivity index (χ0) is 17.4. The van der Waals surface area contributed by atoms with Crippen molar-refractivity contribution in [1.29, 1.82) is 0 Å². The van der Waals surface area contributed by atoms with Gasteiger partial charge >= 0.3 is 11.1 Å². The zero-order valence-corrected chi connectivity index (χ0v) is 13.4.